The minimum absolute atomic E-state index is 0.00778. The number of hydrogen-bond acceptors (Lipinski definition) is 4. The van der Waals surface area contributed by atoms with Crippen molar-refractivity contribution in [2.24, 2.45) is 5.73 Å². The summed E-state index contributed by atoms with van der Waals surface area (Å²) in [6, 6.07) is 4.67. The van der Waals surface area contributed by atoms with Crippen LogP contribution in [-0.4, -0.2) is 31.8 Å². The van der Waals surface area contributed by atoms with Crippen LogP contribution in [0.5, 0.6) is 5.75 Å². The van der Waals surface area contributed by atoms with Crippen molar-refractivity contribution in [3.8, 4) is 5.75 Å². The SMILES string of the molecule is NC(=O)OCCNC(=O)COc1ccc(Cl)c(Cl)c1. The highest BCUT2D eigenvalue weighted by Crippen LogP contribution is 2.26. The average Bonchev–Trinajstić information content (AvgIpc) is 2.36. The summed E-state index contributed by atoms with van der Waals surface area (Å²) in [6.07, 6.45) is -0.888. The molecular formula is C11H12Cl2N2O4. The zero-order valence-electron chi connectivity index (χ0n) is 9.82. The number of carbonyl (C=O) groups is 2. The number of carbonyl (C=O) groups excluding carboxylic acids is 2. The second-order valence-electron chi connectivity index (χ2n) is 3.38. The summed E-state index contributed by atoms with van der Waals surface area (Å²) in [5, 5.41) is 3.23. The Kier molecular flexibility index (Phi) is 6.24. The number of nitrogens with one attached hydrogen (secondary N) is 1. The first-order valence-electron chi connectivity index (χ1n) is 5.26. The van der Waals surface area contributed by atoms with E-state index in [1.54, 1.807) is 12.1 Å². The Balaban J connectivity index is 2.26. The van der Waals surface area contributed by atoms with Crippen LogP contribution in [0.3, 0.4) is 0 Å². The van der Waals surface area contributed by atoms with Crippen LogP contribution in [0, 0.1) is 0 Å². The van der Waals surface area contributed by atoms with Gasteiger partial charge in [0.2, 0.25) is 0 Å². The Labute approximate surface area is 119 Å². The van der Waals surface area contributed by atoms with Crippen molar-refractivity contribution in [3.05, 3.63) is 28.2 Å². The number of primary amides is 1. The van der Waals surface area contributed by atoms with Gasteiger partial charge in [-0.1, -0.05) is 23.2 Å². The van der Waals surface area contributed by atoms with Crippen LogP contribution < -0.4 is 15.8 Å². The first-order valence-corrected chi connectivity index (χ1v) is 6.01. The Hall–Kier alpha value is -1.66. The summed E-state index contributed by atoms with van der Waals surface area (Å²) in [5.41, 5.74) is 4.75. The maximum absolute atomic E-state index is 11.3. The first-order chi connectivity index (χ1) is 8.99. The molecule has 0 saturated carbocycles. The van der Waals surface area contributed by atoms with E-state index in [4.69, 9.17) is 33.7 Å². The molecule has 8 heteroatoms. The molecule has 0 heterocycles. The molecule has 0 fully saturated rings. The van der Waals surface area contributed by atoms with E-state index in [0.717, 1.165) is 0 Å². The number of ether oxygens (including phenoxy) is 2. The predicted molar refractivity (Wildman–Crippen MR) is 70.5 cm³/mol. The smallest absolute Gasteiger partial charge is 0.404 e. The van der Waals surface area contributed by atoms with Crippen molar-refractivity contribution < 1.29 is 19.1 Å². The molecule has 0 unspecified atom stereocenters. The quantitative estimate of drug-likeness (QED) is 0.781. The van der Waals surface area contributed by atoms with Gasteiger partial charge in [-0.15, -0.1) is 0 Å². The van der Waals surface area contributed by atoms with E-state index in [1.165, 1.54) is 6.07 Å². The number of rotatable bonds is 6. The van der Waals surface area contributed by atoms with Crippen LogP contribution in [-0.2, 0) is 9.53 Å². The molecule has 6 nitrogen and oxygen atoms in total. The second-order valence-corrected chi connectivity index (χ2v) is 4.20. The van der Waals surface area contributed by atoms with E-state index in [9.17, 15) is 9.59 Å². The minimum Gasteiger partial charge on any atom is -0.484 e. The highest BCUT2D eigenvalue weighted by atomic mass is 35.5. The summed E-state index contributed by atoms with van der Waals surface area (Å²) in [6.45, 7) is -0.0190. The number of nitrogens with two attached hydrogens (primary N) is 1. The van der Waals surface area contributed by atoms with Crippen LogP contribution >= 0.6 is 23.2 Å². The summed E-state index contributed by atoms with van der Waals surface area (Å²) in [5.74, 6) is 0.0667. The largest absolute Gasteiger partial charge is 0.484 e. The van der Waals surface area contributed by atoms with E-state index >= 15 is 0 Å². The topological polar surface area (TPSA) is 90.7 Å². The normalized spacial score (nSPS) is 9.79. The molecule has 104 valence electrons. The van der Waals surface area contributed by atoms with Crippen molar-refractivity contribution in [1.82, 2.24) is 5.32 Å². The van der Waals surface area contributed by atoms with Gasteiger partial charge in [-0.3, -0.25) is 4.79 Å². The molecule has 0 aliphatic heterocycles. The number of hydrogen-bond donors (Lipinski definition) is 2. The third-order valence-corrected chi connectivity index (χ3v) is 2.67. The molecule has 0 spiro atoms. The lowest BCUT2D eigenvalue weighted by atomic mass is 10.3. The molecule has 0 saturated heterocycles. The summed E-state index contributed by atoms with van der Waals surface area (Å²) < 4.78 is 9.63. The van der Waals surface area contributed by atoms with E-state index in [1.807, 2.05) is 0 Å². The number of amides is 2. The van der Waals surface area contributed by atoms with Crippen LogP contribution in [0.2, 0.25) is 10.0 Å². The third-order valence-electron chi connectivity index (χ3n) is 1.93. The summed E-state index contributed by atoms with van der Waals surface area (Å²) >= 11 is 11.5. The molecule has 0 aromatic heterocycles. The number of halogens is 2. The zero-order valence-corrected chi connectivity index (χ0v) is 11.3. The van der Waals surface area contributed by atoms with Gasteiger partial charge in [0.1, 0.15) is 12.4 Å². The fourth-order valence-corrected chi connectivity index (χ4v) is 1.40. The standard InChI is InChI=1S/C11H12Cl2N2O4/c12-8-2-1-7(5-9(8)13)19-6-10(16)15-3-4-18-11(14)17/h1-2,5H,3-4,6H2,(H2,14,17)(H,15,16). The number of benzene rings is 1. The van der Waals surface area contributed by atoms with Gasteiger partial charge in [0.25, 0.3) is 5.91 Å². The van der Waals surface area contributed by atoms with E-state index in [-0.39, 0.29) is 25.7 Å². The monoisotopic (exact) mass is 306 g/mol. The predicted octanol–water partition coefficient (Wildman–Crippen LogP) is 1.58. The Morgan fingerprint density at radius 3 is 2.63 bits per heavy atom. The fraction of sp³-hybridized carbons (Fsp3) is 0.273. The van der Waals surface area contributed by atoms with Gasteiger partial charge >= 0.3 is 6.09 Å². The van der Waals surface area contributed by atoms with Crippen molar-refractivity contribution in [3.63, 3.8) is 0 Å². The van der Waals surface area contributed by atoms with Crippen LogP contribution in [0.1, 0.15) is 0 Å². The zero-order chi connectivity index (χ0) is 14.3. The summed E-state index contributed by atoms with van der Waals surface area (Å²) in [4.78, 5) is 21.6. The molecule has 19 heavy (non-hydrogen) atoms. The highest BCUT2D eigenvalue weighted by molar-refractivity contribution is 6.42. The lowest BCUT2D eigenvalue weighted by Gasteiger charge is -2.08. The van der Waals surface area contributed by atoms with Gasteiger partial charge in [-0.2, -0.15) is 0 Å². The molecule has 0 aliphatic carbocycles. The van der Waals surface area contributed by atoms with Gasteiger partial charge in [0.05, 0.1) is 16.6 Å². The molecule has 1 aromatic rings. The van der Waals surface area contributed by atoms with E-state index in [0.29, 0.717) is 15.8 Å². The second kappa shape index (κ2) is 7.70. The van der Waals surface area contributed by atoms with Gasteiger partial charge in [0.15, 0.2) is 6.61 Å². The third kappa shape index (κ3) is 6.17. The first kappa shape index (κ1) is 15.4. The lowest BCUT2D eigenvalue weighted by molar-refractivity contribution is -0.123. The Bertz CT molecular complexity index is 468. The molecule has 0 aliphatic rings. The average molecular weight is 307 g/mol. The fourth-order valence-electron chi connectivity index (χ4n) is 1.11. The maximum atomic E-state index is 11.3. The molecule has 0 atom stereocenters. The van der Waals surface area contributed by atoms with Crippen molar-refractivity contribution in [1.29, 1.82) is 0 Å². The lowest BCUT2D eigenvalue weighted by Crippen LogP contribution is -2.32. The molecular weight excluding hydrogens is 295 g/mol. The maximum Gasteiger partial charge on any atom is 0.404 e. The Morgan fingerprint density at radius 2 is 2.00 bits per heavy atom. The van der Waals surface area contributed by atoms with Gasteiger partial charge < -0.3 is 20.5 Å². The highest BCUT2D eigenvalue weighted by Gasteiger charge is 2.04. The minimum atomic E-state index is -0.888. The summed E-state index contributed by atoms with van der Waals surface area (Å²) in [7, 11) is 0. The van der Waals surface area contributed by atoms with E-state index < -0.39 is 6.09 Å². The molecule has 2 amide bonds. The van der Waals surface area contributed by atoms with Gasteiger partial charge in [-0.05, 0) is 12.1 Å². The van der Waals surface area contributed by atoms with Gasteiger partial charge in [-0.25, -0.2) is 4.79 Å². The Morgan fingerprint density at radius 1 is 1.26 bits per heavy atom. The molecule has 0 bridgehead atoms. The van der Waals surface area contributed by atoms with Crippen LogP contribution in [0.15, 0.2) is 18.2 Å². The van der Waals surface area contributed by atoms with Gasteiger partial charge in [0, 0.05) is 6.07 Å². The molecule has 1 aromatic carbocycles. The van der Waals surface area contributed by atoms with Crippen molar-refractivity contribution in [2.45, 2.75) is 0 Å². The molecule has 3 N–H and O–H groups in total. The van der Waals surface area contributed by atoms with Crippen molar-refractivity contribution >= 4 is 35.2 Å². The van der Waals surface area contributed by atoms with Crippen LogP contribution in [0.4, 0.5) is 4.79 Å². The molecule has 0 radical (unpaired) electrons. The van der Waals surface area contributed by atoms with E-state index in [2.05, 4.69) is 10.1 Å². The van der Waals surface area contributed by atoms with Crippen LogP contribution in [0.25, 0.3) is 0 Å². The van der Waals surface area contributed by atoms with Crippen molar-refractivity contribution in [2.75, 3.05) is 19.8 Å². The molecule has 1 rings (SSSR count).